The first-order chi connectivity index (χ1) is 13.9. The number of carbonyl (C=O) groups excluding carboxylic acids is 1. The lowest BCUT2D eigenvalue weighted by atomic mass is 9.82. The molecule has 0 amide bonds. The smallest absolute Gasteiger partial charge is 0.313 e. The fraction of sp³-hybridized carbons (Fsp3) is 0.593. The van der Waals surface area contributed by atoms with Crippen LogP contribution in [-0.2, 0) is 14.3 Å². The summed E-state index contributed by atoms with van der Waals surface area (Å²) >= 11 is 0. The summed E-state index contributed by atoms with van der Waals surface area (Å²) in [5.41, 5.74) is 6.15. The molecule has 0 aliphatic rings. The van der Waals surface area contributed by atoms with Gasteiger partial charge in [0.15, 0.2) is 0 Å². The molecule has 3 heteroatoms. The van der Waals surface area contributed by atoms with Gasteiger partial charge in [0.1, 0.15) is 11.9 Å². The van der Waals surface area contributed by atoms with Gasteiger partial charge in [-0.15, -0.1) is 0 Å². The van der Waals surface area contributed by atoms with Crippen molar-refractivity contribution in [1.29, 1.82) is 0 Å². The maximum absolute atomic E-state index is 12.0. The topological polar surface area (TPSA) is 35.5 Å². The van der Waals surface area contributed by atoms with E-state index in [-0.39, 0.29) is 18.0 Å². The number of rotatable bonds is 9. The minimum atomic E-state index is -0.239. The van der Waals surface area contributed by atoms with Crippen LogP contribution in [0.2, 0.25) is 0 Å². The predicted molar refractivity (Wildman–Crippen MR) is 127 cm³/mol. The molecule has 168 valence electrons. The number of carbonyl (C=O) groups is 1. The van der Waals surface area contributed by atoms with Crippen LogP contribution in [0.15, 0.2) is 35.8 Å². The molecule has 0 aliphatic heterocycles. The molecule has 1 aromatic carbocycles. The summed E-state index contributed by atoms with van der Waals surface area (Å²) in [7, 11) is 0. The van der Waals surface area contributed by atoms with E-state index in [4.69, 9.17) is 9.47 Å². The van der Waals surface area contributed by atoms with Crippen LogP contribution in [0.5, 0.6) is 0 Å². The van der Waals surface area contributed by atoms with E-state index in [1.54, 1.807) is 12.3 Å². The zero-order valence-corrected chi connectivity index (χ0v) is 20.9. The molecular formula is C27H42O3. The van der Waals surface area contributed by atoms with Gasteiger partial charge in [-0.05, 0) is 66.9 Å². The van der Waals surface area contributed by atoms with E-state index in [0.29, 0.717) is 23.5 Å². The van der Waals surface area contributed by atoms with Gasteiger partial charge in [0, 0.05) is 5.57 Å². The normalized spacial score (nSPS) is 14.1. The summed E-state index contributed by atoms with van der Waals surface area (Å²) in [6, 6.07) is 4.68. The molecule has 0 aliphatic carbocycles. The summed E-state index contributed by atoms with van der Waals surface area (Å²) in [5.74, 6) is 1.44. The second-order valence-electron chi connectivity index (χ2n) is 9.39. The number of hydrogen-bond donors (Lipinski definition) is 0. The van der Waals surface area contributed by atoms with Gasteiger partial charge in [0.2, 0.25) is 0 Å². The highest BCUT2D eigenvalue weighted by Crippen LogP contribution is 2.37. The van der Waals surface area contributed by atoms with Crippen LogP contribution in [0, 0.1) is 5.92 Å². The molecular weight excluding hydrogens is 372 g/mol. The Balaban J connectivity index is 3.28. The van der Waals surface area contributed by atoms with Gasteiger partial charge in [-0.25, -0.2) is 0 Å². The average Bonchev–Trinajstić information content (AvgIpc) is 2.68. The molecule has 1 unspecified atom stereocenters. The summed E-state index contributed by atoms with van der Waals surface area (Å²) in [6.45, 7) is 23.0. The second kappa shape index (κ2) is 11.4. The Morgan fingerprint density at radius 2 is 1.37 bits per heavy atom. The van der Waals surface area contributed by atoms with Crippen LogP contribution in [-0.4, -0.2) is 5.97 Å². The van der Waals surface area contributed by atoms with E-state index in [1.165, 1.54) is 22.3 Å². The van der Waals surface area contributed by atoms with Crippen LogP contribution in [0.3, 0.4) is 0 Å². The molecule has 0 bridgehead atoms. The maximum atomic E-state index is 12.0. The molecule has 0 spiro atoms. The van der Waals surface area contributed by atoms with E-state index in [2.05, 4.69) is 60.6 Å². The molecule has 30 heavy (non-hydrogen) atoms. The lowest BCUT2D eigenvalue weighted by Gasteiger charge is -2.26. The minimum absolute atomic E-state index is 0.102. The van der Waals surface area contributed by atoms with Gasteiger partial charge in [-0.1, -0.05) is 67.5 Å². The number of benzene rings is 1. The van der Waals surface area contributed by atoms with Gasteiger partial charge >= 0.3 is 5.97 Å². The summed E-state index contributed by atoms with van der Waals surface area (Å²) in [4.78, 5) is 12.0. The Morgan fingerprint density at radius 3 is 1.73 bits per heavy atom. The van der Waals surface area contributed by atoms with Crippen molar-refractivity contribution in [3.8, 4) is 0 Å². The van der Waals surface area contributed by atoms with Crippen molar-refractivity contribution in [3.63, 3.8) is 0 Å². The van der Waals surface area contributed by atoms with Crippen molar-refractivity contribution in [3.05, 3.63) is 58.1 Å². The van der Waals surface area contributed by atoms with Crippen LogP contribution < -0.4 is 0 Å². The third kappa shape index (κ3) is 6.75. The monoisotopic (exact) mass is 414 g/mol. The quantitative estimate of drug-likeness (QED) is 0.232. The van der Waals surface area contributed by atoms with Crippen molar-refractivity contribution >= 4 is 5.97 Å². The van der Waals surface area contributed by atoms with E-state index in [9.17, 15) is 4.79 Å². The van der Waals surface area contributed by atoms with E-state index in [0.717, 1.165) is 5.57 Å². The molecule has 1 atom stereocenters. The van der Waals surface area contributed by atoms with Crippen molar-refractivity contribution in [2.75, 3.05) is 0 Å². The molecule has 0 heterocycles. The molecule has 1 aromatic rings. The molecule has 0 radical (unpaired) electrons. The molecule has 0 saturated heterocycles. The first kappa shape index (κ1) is 26.0. The van der Waals surface area contributed by atoms with Crippen LogP contribution in [0.25, 0.3) is 0 Å². The number of ether oxygens (including phenoxy) is 2. The first-order valence-corrected chi connectivity index (χ1v) is 11.3. The lowest BCUT2D eigenvalue weighted by Crippen LogP contribution is -2.12. The van der Waals surface area contributed by atoms with Crippen LogP contribution in [0.1, 0.15) is 122 Å². The SMILES string of the molecule is C/C=C(OC(=O)C(C)C)/C(C)=C/OC(C)c1c(C(C)C)cc(C(C)C)cc1C(C)C. The van der Waals surface area contributed by atoms with Gasteiger partial charge in [0.25, 0.3) is 0 Å². The zero-order valence-electron chi connectivity index (χ0n) is 20.9. The predicted octanol–water partition coefficient (Wildman–Crippen LogP) is 8.14. The highest BCUT2D eigenvalue weighted by molar-refractivity contribution is 5.73. The molecule has 1 rings (SSSR count). The van der Waals surface area contributed by atoms with Gasteiger partial charge in [-0.2, -0.15) is 0 Å². The molecule has 0 aromatic heterocycles. The third-order valence-electron chi connectivity index (χ3n) is 5.37. The Kier molecular flexibility index (Phi) is 9.87. The van der Waals surface area contributed by atoms with E-state index >= 15 is 0 Å². The van der Waals surface area contributed by atoms with E-state index < -0.39 is 0 Å². The van der Waals surface area contributed by atoms with Crippen molar-refractivity contribution in [1.82, 2.24) is 0 Å². The summed E-state index contributed by atoms with van der Waals surface area (Å²) < 4.78 is 11.7. The van der Waals surface area contributed by atoms with Crippen molar-refractivity contribution in [2.45, 2.75) is 100 Å². The Morgan fingerprint density at radius 1 is 0.867 bits per heavy atom. The van der Waals surface area contributed by atoms with Crippen molar-refractivity contribution < 1.29 is 14.3 Å². The largest absolute Gasteiger partial charge is 0.493 e. The van der Waals surface area contributed by atoms with E-state index in [1.807, 2.05) is 27.7 Å². The maximum Gasteiger partial charge on any atom is 0.313 e. The third-order valence-corrected chi connectivity index (χ3v) is 5.37. The van der Waals surface area contributed by atoms with Gasteiger partial charge in [-0.3, -0.25) is 4.79 Å². The Hall–Kier alpha value is -2.03. The van der Waals surface area contributed by atoms with Crippen molar-refractivity contribution in [2.24, 2.45) is 5.92 Å². The molecule has 3 nitrogen and oxygen atoms in total. The number of esters is 1. The second-order valence-corrected chi connectivity index (χ2v) is 9.39. The minimum Gasteiger partial charge on any atom is -0.493 e. The summed E-state index contributed by atoms with van der Waals surface area (Å²) in [5, 5.41) is 0. The summed E-state index contributed by atoms with van der Waals surface area (Å²) in [6.07, 6.45) is 3.42. The van der Waals surface area contributed by atoms with Crippen LogP contribution in [0.4, 0.5) is 0 Å². The number of hydrogen-bond acceptors (Lipinski definition) is 3. The molecule has 0 saturated carbocycles. The molecule has 0 fully saturated rings. The fourth-order valence-corrected chi connectivity index (χ4v) is 3.40. The molecule has 0 N–H and O–H groups in total. The average molecular weight is 415 g/mol. The fourth-order valence-electron chi connectivity index (χ4n) is 3.40. The van der Waals surface area contributed by atoms with Crippen LogP contribution >= 0.6 is 0 Å². The standard InChI is InChI=1S/C27H42O3/c1-12-25(30-27(28)19(8)9)20(10)15-29-21(11)26-23(17(4)5)13-22(16(2)3)14-24(26)18(6)7/h12-19,21H,1-11H3/b20-15+,25-12-. The Labute approximate surface area is 184 Å². The highest BCUT2D eigenvalue weighted by atomic mass is 16.5. The zero-order chi connectivity index (χ0) is 23.2. The number of allylic oxidation sites excluding steroid dienone is 2. The van der Waals surface area contributed by atoms with Gasteiger partial charge in [0.05, 0.1) is 12.2 Å². The first-order valence-electron chi connectivity index (χ1n) is 11.3. The lowest BCUT2D eigenvalue weighted by molar-refractivity contribution is -0.142. The highest BCUT2D eigenvalue weighted by Gasteiger charge is 2.22. The Bertz CT molecular complexity index is 750. The van der Waals surface area contributed by atoms with Gasteiger partial charge < -0.3 is 9.47 Å².